The van der Waals surface area contributed by atoms with E-state index in [0.717, 1.165) is 5.56 Å². The van der Waals surface area contributed by atoms with Crippen LogP contribution >= 0.6 is 0 Å². The van der Waals surface area contributed by atoms with E-state index < -0.39 is 11.9 Å². The maximum atomic E-state index is 11.6. The molecule has 0 aliphatic rings. The first kappa shape index (κ1) is 18.9. The molecule has 2 rings (SSSR count). The summed E-state index contributed by atoms with van der Waals surface area (Å²) >= 11 is 0. The molecule has 0 bridgehead atoms. The monoisotopic (exact) mass is 348 g/mol. The van der Waals surface area contributed by atoms with Crippen LogP contribution in [0.25, 0.3) is 11.6 Å². The average Bonchev–Trinajstić information content (AvgIpc) is 2.68. The molecule has 1 unspecified atom stereocenters. The molecule has 0 aliphatic heterocycles. The lowest BCUT2D eigenvalue weighted by atomic mass is 9.97. The second-order valence-corrected chi connectivity index (χ2v) is 5.47. The summed E-state index contributed by atoms with van der Waals surface area (Å²) in [6, 6.07) is 14.5. The Morgan fingerprint density at radius 2 is 1.88 bits per heavy atom. The fourth-order valence-electron chi connectivity index (χ4n) is 2.41. The smallest absolute Gasteiger partial charge is 0.327 e. The van der Waals surface area contributed by atoms with Crippen LogP contribution < -0.4 is 4.57 Å². The number of ether oxygens (including phenoxy) is 1. The van der Waals surface area contributed by atoms with E-state index in [1.165, 1.54) is 7.11 Å². The van der Waals surface area contributed by atoms with E-state index >= 15 is 0 Å². The maximum Gasteiger partial charge on any atom is 0.327 e. The minimum absolute atomic E-state index is 0.0604. The van der Waals surface area contributed by atoms with Gasteiger partial charge in [-0.25, -0.2) is 4.57 Å². The third kappa shape index (κ3) is 4.54. The van der Waals surface area contributed by atoms with Crippen molar-refractivity contribution in [1.82, 2.24) is 0 Å². The van der Waals surface area contributed by atoms with Gasteiger partial charge < -0.3 is 9.84 Å². The lowest BCUT2D eigenvalue weighted by molar-refractivity contribution is -0.698. The van der Waals surface area contributed by atoms with Gasteiger partial charge in [-0.05, 0) is 22.8 Å². The minimum atomic E-state index is -0.986. The van der Waals surface area contributed by atoms with Gasteiger partial charge in [-0.2, -0.15) is 10.5 Å². The molecule has 0 spiro atoms. The third-order valence-corrected chi connectivity index (χ3v) is 3.83. The van der Waals surface area contributed by atoms with Gasteiger partial charge in [-0.15, -0.1) is 0 Å². The summed E-state index contributed by atoms with van der Waals surface area (Å²) in [4.78, 5) is 11.6. The number of esters is 1. The number of nitrogens with zero attached hydrogens (tertiary/aromatic N) is 3. The van der Waals surface area contributed by atoms with Crippen LogP contribution in [0.5, 0.6) is 0 Å². The van der Waals surface area contributed by atoms with Crippen LogP contribution in [0.1, 0.15) is 22.6 Å². The van der Waals surface area contributed by atoms with Crippen LogP contribution in [0, 0.1) is 22.7 Å². The highest BCUT2D eigenvalue weighted by molar-refractivity contribution is 5.89. The van der Waals surface area contributed by atoms with E-state index in [1.807, 2.05) is 35.2 Å². The lowest BCUT2D eigenvalue weighted by Gasteiger charge is -2.08. The van der Waals surface area contributed by atoms with Gasteiger partial charge in [0.25, 0.3) is 0 Å². The summed E-state index contributed by atoms with van der Waals surface area (Å²) < 4.78 is 6.46. The number of carbonyl (C=O) groups excluding carboxylic acids is 1. The number of aromatic nitrogens is 1. The molecule has 1 atom stereocenters. The number of rotatable bonds is 6. The Kier molecular flexibility index (Phi) is 6.61. The van der Waals surface area contributed by atoms with Crippen LogP contribution in [0.3, 0.4) is 0 Å². The summed E-state index contributed by atoms with van der Waals surface area (Å²) in [5.74, 6) is -1.60. The van der Waals surface area contributed by atoms with Crippen LogP contribution in [0.15, 0.2) is 48.8 Å². The molecular formula is C20H18N3O3+. The van der Waals surface area contributed by atoms with Crippen molar-refractivity contribution in [2.24, 2.45) is 0 Å². The quantitative estimate of drug-likeness (QED) is 0.488. The molecule has 0 aliphatic carbocycles. The summed E-state index contributed by atoms with van der Waals surface area (Å²) in [6.45, 7) is 0.571. The lowest BCUT2D eigenvalue weighted by Crippen LogP contribution is -2.34. The minimum Gasteiger partial charge on any atom is -0.468 e. The number of carbonyl (C=O) groups is 1. The second-order valence-electron chi connectivity index (χ2n) is 5.47. The zero-order valence-corrected chi connectivity index (χ0v) is 14.3. The molecule has 0 saturated carbocycles. The average molecular weight is 348 g/mol. The van der Waals surface area contributed by atoms with Crippen LogP contribution in [0.4, 0.5) is 0 Å². The number of aliphatic hydroxyl groups is 1. The summed E-state index contributed by atoms with van der Waals surface area (Å²) in [6.07, 6.45) is 5.41. The molecule has 6 heteroatoms. The Morgan fingerprint density at radius 3 is 2.38 bits per heavy atom. The van der Waals surface area contributed by atoms with E-state index in [4.69, 9.17) is 10.4 Å². The number of methoxy groups -OCH3 is 1. The predicted octanol–water partition coefficient (Wildman–Crippen LogP) is 1.81. The highest BCUT2D eigenvalue weighted by atomic mass is 16.5. The number of aliphatic hydroxyl groups excluding tert-OH is 1. The second kappa shape index (κ2) is 9.12. The van der Waals surface area contributed by atoms with E-state index in [2.05, 4.69) is 10.8 Å². The Labute approximate surface area is 151 Å². The van der Waals surface area contributed by atoms with Crippen molar-refractivity contribution in [3.63, 3.8) is 0 Å². The summed E-state index contributed by atoms with van der Waals surface area (Å²) in [5, 5.41) is 27.5. The van der Waals surface area contributed by atoms with Crippen molar-refractivity contribution in [3.8, 4) is 12.1 Å². The standard InChI is InChI=1S/C20H18N3O3/c1-26-20(25)19(14-22)17-4-2-16(3-5-17)18(13-21)12-15-6-8-23(9-7-15)10-11-24/h2-9,12,19,24H,10-11H2,1H3/q+1/b18-12-. The van der Waals surface area contributed by atoms with Crippen molar-refractivity contribution < 1.29 is 19.2 Å². The molecule has 0 saturated heterocycles. The molecular weight excluding hydrogens is 330 g/mol. The Hall–Kier alpha value is -3.48. The van der Waals surface area contributed by atoms with Crippen LogP contribution in [-0.4, -0.2) is 24.8 Å². The van der Waals surface area contributed by atoms with E-state index in [1.54, 1.807) is 30.3 Å². The van der Waals surface area contributed by atoms with Gasteiger partial charge in [0.15, 0.2) is 24.9 Å². The van der Waals surface area contributed by atoms with Crippen molar-refractivity contribution in [2.75, 3.05) is 13.7 Å². The van der Waals surface area contributed by atoms with E-state index in [-0.39, 0.29) is 6.61 Å². The first-order valence-corrected chi connectivity index (χ1v) is 7.92. The van der Waals surface area contributed by atoms with Gasteiger partial charge in [0.05, 0.1) is 24.8 Å². The molecule has 1 aromatic carbocycles. The van der Waals surface area contributed by atoms with Crippen molar-refractivity contribution in [3.05, 3.63) is 65.5 Å². The largest absolute Gasteiger partial charge is 0.468 e. The zero-order valence-electron chi connectivity index (χ0n) is 14.3. The molecule has 2 aromatic rings. The first-order chi connectivity index (χ1) is 12.6. The number of hydrogen-bond donors (Lipinski definition) is 1. The number of hydrogen-bond acceptors (Lipinski definition) is 5. The molecule has 0 amide bonds. The van der Waals surface area contributed by atoms with Gasteiger partial charge in [-0.1, -0.05) is 24.3 Å². The molecule has 130 valence electrons. The fraction of sp³-hybridized carbons (Fsp3) is 0.200. The first-order valence-electron chi connectivity index (χ1n) is 7.92. The molecule has 1 N–H and O–H groups in total. The van der Waals surface area contributed by atoms with Gasteiger partial charge in [-0.3, -0.25) is 4.79 Å². The molecule has 1 aromatic heterocycles. The Balaban J connectivity index is 2.26. The molecule has 0 fully saturated rings. The van der Waals surface area contributed by atoms with Crippen molar-refractivity contribution >= 4 is 17.6 Å². The van der Waals surface area contributed by atoms with Gasteiger partial charge in [0, 0.05) is 12.1 Å². The predicted molar refractivity (Wildman–Crippen MR) is 94.0 cm³/mol. The van der Waals surface area contributed by atoms with E-state index in [9.17, 15) is 10.1 Å². The van der Waals surface area contributed by atoms with Gasteiger partial charge in [0.1, 0.15) is 6.61 Å². The summed E-state index contributed by atoms with van der Waals surface area (Å²) in [7, 11) is 1.24. The Bertz CT molecular complexity index is 873. The van der Waals surface area contributed by atoms with Gasteiger partial charge >= 0.3 is 5.97 Å². The van der Waals surface area contributed by atoms with Crippen LogP contribution in [0.2, 0.25) is 0 Å². The molecule has 1 heterocycles. The maximum absolute atomic E-state index is 11.6. The number of pyridine rings is 1. The summed E-state index contributed by atoms with van der Waals surface area (Å²) in [5.41, 5.74) is 2.52. The normalized spacial score (nSPS) is 11.9. The van der Waals surface area contributed by atoms with Crippen LogP contribution in [-0.2, 0) is 16.1 Å². The Morgan fingerprint density at radius 1 is 1.23 bits per heavy atom. The molecule has 26 heavy (non-hydrogen) atoms. The highest BCUT2D eigenvalue weighted by Crippen LogP contribution is 2.22. The fourth-order valence-corrected chi connectivity index (χ4v) is 2.41. The molecule has 0 radical (unpaired) electrons. The SMILES string of the molecule is COC(=O)C(C#N)c1ccc(/C(C#N)=C\c2cc[n+](CCO)cc2)cc1. The topological polar surface area (TPSA) is 98.0 Å². The molecule has 6 nitrogen and oxygen atoms in total. The van der Waals surface area contributed by atoms with Crippen molar-refractivity contribution in [2.45, 2.75) is 12.5 Å². The van der Waals surface area contributed by atoms with Crippen molar-refractivity contribution in [1.29, 1.82) is 10.5 Å². The number of benzene rings is 1. The number of allylic oxidation sites excluding steroid dienone is 1. The zero-order chi connectivity index (χ0) is 18.9. The number of nitriles is 2. The van der Waals surface area contributed by atoms with Gasteiger partial charge in [0.2, 0.25) is 0 Å². The third-order valence-electron chi connectivity index (χ3n) is 3.83. The van der Waals surface area contributed by atoms with E-state index in [0.29, 0.717) is 23.2 Å². The highest BCUT2D eigenvalue weighted by Gasteiger charge is 2.20.